The normalized spacial score (nSPS) is 16.7. The van der Waals surface area contributed by atoms with Gasteiger partial charge in [-0.2, -0.15) is 0 Å². The van der Waals surface area contributed by atoms with E-state index in [4.69, 9.17) is 0 Å². The number of unbranched alkanes of at least 4 members (excludes halogenated alkanes) is 2. The minimum atomic E-state index is -0.164. The van der Waals surface area contributed by atoms with E-state index in [-0.39, 0.29) is 17.8 Å². The molecule has 0 aromatic heterocycles. The second-order valence-electron chi connectivity index (χ2n) is 5.82. The van der Waals surface area contributed by atoms with Gasteiger partial charge >= 0.3 is 5.97 Å². The van der Waals surface area contributed by atoms with Gasteiger partial charge in [-0.15, -0.1) is 0 Å². The molecule has 0 saturated heterocycles. The number of esters is 1. The standard InChI is InChI=1S/C18H25NO3/c1-22-17(20)12-3-2-6-13-19-18(21)16-11-7-9-14-8-4-5-10-15(14)16/h4-5,8,10,16H,2-3,6-7,9,11-13H2,1H3,(H,19,21). The molecule has 1 amide bonds. The van der Waals surface area contributed by atoms with Gasteiger partial charge in [0.25, 0.3) is 0 Å². The summed E-state index contributed by atoms with van der Waals surface area (Å²) in [4.78, 5) is 23.3. The maximum Gasteiger partial charge on any atom is 0.305 e. The molecule has 1 N–H and O–H groups in total. The van der Waals surface area contributed by atoms with Gasteiger partial charge in [0.05, 0.1) is 13.0 Å². The average Bonchev–Trinajstić information content (AvgIpc) is 2.56. The van der Waals surface area contributed by atoms with Crippen LogP contribution in [0.15, 0.2) is 24.3 Å². The van der Waals surface area contributed by atoms with Crippen molar-refractivity contribution < 1.29 is 14.3 Å². The van der Waals surface area contributed by atoms with Crippen LogP contribution in [0.2, 0.25) is 0 Å². The number of fused-ring (bicyclic) bond motifs is 1. The number of carbonyl (C=O) groups is 2. The molecule has 1 atom stereocenters. The van der Waals surface area contributed by atoms with E-state index in [1.807, 2.05) is 12.1 Å². The van der Waals surface area contributed by atoms with Crippen molar-refractivity contribution in [3.05, 3.63) is 35.4 Å². The Hall–Kier alpha value is -1.84. The maximum absolute atomic E-state index is 12.4. The summed E-state index contributed by atoms with van der Waals surface area (Å²) in [6.45, 7) is 0.679. The zero-order valence-electron chi connectivity index (χ0n) is 13.3. The Balaban J connectivity index is 1.71. The highest BCUT2D eigenvalue weighted by molar-refractivity contribution is 5.84. The molecular weight excluding hydrogens is 278 g/mol. The molecule has 4 heteroatoms. The summed E-state index contributed by atoms with van der Waals surface area (Å²) < 4.78 is 4.60. The lowest BCUT2D eigenvalue weighted by atomic mass is 9.82. The van der Waals surface area contributed by atoms with E-state index in [1.54, 1.807) is 0 Å². The molecule has 0 heterocycles. The second-order valence-corrected chi connectivity index (χ2v) is 5.82. The molecule has 1 aliphatic rings. The first-order valence-electron chi connectivity index (χ1n) is 8.14. The predicted octanol–water partition coefficient (Wildman–Crippen LogP) is 2.96. The van der Waals surface area contributed by atoms with Gasteiger partial charge in [0.2, 0.25) is 5.91 Å². The Morgan fingerprint density at radius 2 is 2.05 bits per heavy atom. The molecule has 1 aromatic carbocycles. The molecule has 1 unspecified atom stereocenters. The number of rotatable bonds is 7. The molecule has 0 aliphatic heterocycles. The van der Waals surface area contributed by atoms with Crippen molar-refractivity contribution in [2.75, 3.05) is 13.7 Å². The van der Waals surface area contributed by atoms with Gasteiger partial charge in [0.1, 0.15) is 0 Å². The van der Waals surface area contributed by atoms with Gasteiger partial charge in [-0.25, -0.2) is 0 Å². The molecule has 1 aromatic rings. The Morgan fingerprint density at radius 3 is 2.86 bits per heavy atom. The molecule has 22 heavy (non-hydrogen) atoms. The van der Waals surface area contributed by atoms with Crippen molar-refractivity contribution in [3.8, 4) is 0 Å². The number of amides is 1. The quantitative estimate of drug-likeness (QED) is 0.622. The third-order valence-electron chi connectivity index (χ3n) is 4.27. The Kier molecular flexibility index (Phi) is 6.44. The number of hydrogen-bond donors (Lipinski definition) is 1. The summed E-state index contributed by atoms with van der Waals surface area (Å²) in [5, 5.41) is 3.04. The third kappa shape index (κ3) is 4.58. The Morgan fingerprint density at radius 1 is 1.23 bits per heavy atom. The molecule has 120 valence electrons. The van der Waals surface area contributed by atoms with E-state index in [0.717, 1.165) is 38.5 Å². The summed E-state index contributed by atoms with van der Waals surface area (Å²) in [5.74, 6) is -0.0250. The number of methoxy groups -OCH3 is 1. The van der Waals surface area contributed by atoms with Crippen LogP contribution in [0, 0.1) is 0 Å². The van der Waals surface area contributed by atoms with Crippen LogP contribution in [-0.2, 0) is 20.7 Å². The highest BCUT2D eigenvalue weighted by Gasteiger charge is 2.25. The summed E-state index contributed by atoms with van der Waals surface area (Å²) in [6.07, 6.45) is 6.19. The zero-order valence-corrected chi connectivity index (χ0v) is 13.3. The van der Waals surface area contributed by atoms with Crippen molar-refractivity contribution >= 4 is 11.9 Å². The first-order chi connectivity index (χ1) is 10.7. The Labute approximate surface area is 132 Å². The molecule has 0 radical (unpaired) electrons. The van der Waals surface area contributed by atoms with Gasteiger partial charge in [-0.05, 0) is 43.2 Å². The topological polar surface area (TPSA) is 55.4 Å². The fourth-order valence-electron chi connectivity index (χ4n) is 3.03. The highest BCUT2D eigenvalue weighted by atomic mass is 16.5. The minimum absolute atomic E-state index is 0.0000178. The lowest BCUT2D eigenvalue weighted by Crippen LogP contribution is -2.32. The van der Waals surface area contributed by atoms with Crippen LogP contribution in [0.1, 0.15) is 55.6 Å². The SMILES string of the molecule is COC(=O)CCCCCNC(=O)C1CCCc2ccccc21. The van der Waals surface area contributed by atoms with Crippen LogP contribution in [-0.4, -0.2) is 25.5 Å². The number of aryl methyl sites for hydroxylation is 1. The van der Waals surface area contributed by atoms with Crippen molar-refractivity contribution in [1.29, 1.82) is 0 Å². The van der Waals surface area contributed by atoms with E-state index in [1.165, 1.54) is 18.2 Å². The fourth-order valence-corrected chi connectivity index (χ4v) is 3.03. The fraction of sp³-hybridized carbons (Fsp3) is 0.556. The van der Waals surface area contributed by atoms with Crippen LogP contribution >= 0.6 is 0 Å². The molecule has 4 nitrogen and oxygen atoms in total. The van der Waals surface area contributed by atoms with Gasteiger partial charge in [0.15, 0.2) is 0 Å². The van der Waals surface area contributed by atoms with E-state index in [0.29, 0.717) is 13.0 Å². The number of benzene rings is 1. The molecule has 0 saturated carbocycles. The Bertz CT molecular complexity index is 513. The predicted molar refractivity (Wildman–Crippen MR) is 85.6 cm³/mol. The molecule has 0 bridgehead atoms. The van der Waals surface area contributed by atoms with Crippen molar-refractivity contribution in [2.24, 2.45) is 0 Å². The van der Waals surface area contributed by atoms with Gasteiger partial charge < -0.3 is 10.1 Å². The van der Waals surface area contributed by atoms with E-state index >= 15 is 0 Å². The summed E-state index contributed by atoms with van der Waals surface area (Å²) >= 11 is 0. The van der Waals surface area contributed by atoms with Gasteiger partial charge in [0, 0.05) is 13.0 Å². The van der Waals surface area contributed by atoms with Crippen molar-refractivity contribution in [2.45, 2.75) is 50.9 Å². The van der Waals surface area contributed by atoms with Crippen LogP contribution in [0.4, 0.5) is 0 Å². The van der Waals surface area contributed by atoms with Crippen LogP contribution in [0.25, 0.3) is 0 Å². The molecule has 2 rings (SSSR count). The summed E-state index contributed by atoms with van der Waals surface area (Å²) in [5.41, 5.74) is 2.50. The first kappa shape index (κ1) is 16.5. The van der Waals surface area contributed by atoms with Crippen LogP contribution < -0.4 is 5.32 Å². The maximum atomic E-state index is 12.4. The first-order valence-corrected chi connectivity index (χ1v) is 8.14. The third-order valence-corrected chi connectivity index (χ3v) is 4.27. The van der Waals surface area contributed by atoms with Gasteiger partial charge in [-0.1, -0.05) is 30.7 Å². The number of nitrogens with one attached hydrogen (secondary N) is 1. The zero-order chi connectivity index (χ0) is 15.8. The monoisotopic (exact) mass is 303 g/mol. The summed E-state index contributed by atoms with van der Waals surface area (Å²) in [6, 6.07) is 8.26. The summed E-state index contributed by atoms with van der Waals surface area (Å²) in [7, 11) is 1.41. The number of hydrogen-bond acceptors (Lipinski definition) is 3. The number of carbonyl (C=O) groups excluding carboxylic acids is 2. The van der Waals surface area contributed by atoms with Crippen molar-refractivity contribution in [3.63, 3.8) is 0 Å². The molecular formula is C18H25NO3. The number of ether oxygens (including phenoxy) is 1. The van der Waals surface area contributed by atoms with Crippen molar-refractivity contribution in [1.82, 2.24) is 5.32 Å². The van der Waals surface area contributed by atoms with Crippen LogP contribution in [0.3, 0.4) is 0 Å². The van der Waals surface area contributed by atoms with E-state index in [9.17, 15) is 9.59 Å². The van der Waals surface area contributed by atoms with Crippen LogP contribution in [0.5, 0.6) is 0 Å². The lowest BCUT2D eigenvalue weighted by Gasteiger charge is -2.24. The smallest absolute Gasteiger partial charge is 0.305 e. The van der Waals surface area contributed by atoms with E-state index in [2.05, 4.69) is 22.2 Å². The highest BCUT2D eigenvalue weighted by Crippen LogP contribution is 2.31. The molecule has 1 aliphatic carbocycles. The van der Waals surface area contributed by atoms with Gasteiger partial charge in [-0.3, -0.25) is 9.59 Å². The largest absolute Gasteiger partial charge is 0.469 e. The average molecular weight is 303 g/mol. The molecule has 0 fully saturated rings. The second kappa shape index (κ2) is 8.57. The lowest BCUT2D eigenvalue weighted by molar-refractivity contribution is -0.140. The van der Waals surface area contributed by atoms with E-state index < -0.39 is 0 Å². The molecule has 0 spiro atoms. The minimum Gasteiger partial charge on any atom is -0.469 e.